The molecule has 0 bridgehead atoms. The first kappa shape index (κ1) is 6.50. The third-order valence-corrected chi connectivity index (χ3v) is 0.566. The van der Waals surface area contributed by atoms with E-state index in [4.69, 9.17) is 5.73 Å². The molecule has 3 N–H and O–H groups in total. The molecule has 0 spiro atoms. The van der Waals surface area contributed by atoms with Crippen LogP contribution in [0.5, 0.6) is 0 Å². The van der Waals surface area contributed by atoms with Gasteiger partial charge in [0.25, 0.3) is 0 Å². The zero-order chi connectivity index (χ0) is 5.70. The zero-order valence-corrected chi connectivity index (χ0v) is 4.81. The van der Waals surface area contributed by atoms with Crippen molar-refractivity contribution in [1.82, 2.24) is 5.32 Å². The maximum Gasteiger partial charge on any atom is 0.0211 e. The number of rotatable bonds is 2. The summed E-state index contributed by atoms with van der Waals surface area (Å²) in [5.74, 6) is 0. The fourth-order valence-electron chi connectivity index (χ4n) is 0.248. The lowest BCUT2D eigenvalue weighted by atomic mass is 10.4. The fourth-order valence-corrected chi connectivity index (χ4v) is 0.248. The molecule has 0 aliphatic carbocycles. The third-order valence-electron chi connectivity index (χ3n) is 0.566. The van der Waals surface area contributed by atoms with Gasteiger partial charge >= 0.3 is 0 Å². The normalized spacial score (nSPS) is 14.7. The molecular weight excluding hydrogens is 88.1 g/mol. The first-order valence-electron chi connectivity index (χ1n) is 2.37. The molecule has 2 heteroatoms. The minimum absolute atomic E-state index is 0.160. The third kappa shape index (κ3) is 5.50. The summed E-state index contributed by atoms with van der Waals surface area (Å²) in [7, 11) is 1.85. The molecule has 0 amide bonds. The summed E-state index contributed by atoms with van der Waals surface area (Å²) < 4.78 is 0. The van der Waals surface area contributed by atoms with E-state index in [1.54, 1.807) is 0 Å². The van der Waals surface area contributed by atoms with Crippen LogP contribution in [0.3, 0.4) is 0 Å². The lowest BCUT2D eigenvalue weighted by Crippen LogP contribution is -2.11. The Morgan fingerprint density at radius 3 is 2.43 bits per heavy atom. The van der Waals surface area contributed by atoms with Gasteiger partial charge in [-0.2, -0.15) is 0 Å². The number of hydrogen-bond donors (Lipinski definition) is 2. The Kier molecular flexibility index (Phi) is 3.42. The first-order chi connectivity index (χ1) is 3.27. The molecule has 0 saturated carbocycles. The highest BCUT2D eigenvalue weighted by Gasteiger charge is 1.77. The topological polar surface area (TPSA) is 38.0 Å². The lowest BCUT2D eigenvalue weighted by molar-refractivity contribution is 0.910. The van der Waals surface area contributed by atoms with Crippen LogP contribution in [-0.2, 0) is 0 Å². The quantitative estimate of drug-likeness (QED) is 0.515. The molecule has 0 saturated heterocycles. The maximum atomic E-state index is 5.35. The van der Waals surface area contributed by atoms with Gasteiger partial charge in [-0.3, -0.25) is 0 Å². The van der Waals surface area contributed by atoms with Crippen LogP contribution in [0, 0.1) is 0 Å². The smallest absolute Gasteiger partial charge is 0.0211 e. The summed E-state index contributed by atoms with van der Waals surface area (Å²) in [5.41, 5.74) is 5.35. The predicted octanol–water partition coefficient (Wildman–Crippen LogP) is 0.0667. The molecule has 0 aromatic rings. The van der Waals surface area contributed by atoms with Gasteiger partial charge in [-0.15, -0.1) is 0 Å². The van der Waals surface area contributed by atoms with Crippen LogP contribution in [0.4, 0.5) is 0 Å². The fraction of sp³-hybridized carbons (Fsp3) is 0.600. The molecule has 0 aromatic heterocycles. The van der Waals surface area contributed by atoms with E-state index in [0.29, 0.717) is 0 Å². The second kappa shape index (κ2) is 3.68. The van der Waals surface area contributed by atoms with Crippen molar-refractivity contribution in [3.05, 3.63) is 12.3 Å². The van der Waals surface area contributed by atoms with Crippen LogP contribution in [-0.4, -0.2) is 13.1 Å². The van der Waals surface area contributed by atoms with E-state index < -0.39 is 0 Å². The van der Waals surface area contributed by atoms with Gasteiger partial charge in [0.15, 0.2) is 0 Å². The molecule has 0 aliphatic heterocycles. The molecule has 0 radical (unpaired) electrons. The maximum absolute atomic E-state index is 5.35. The second-order valence-electron chi connectivity index (χ2n) is 1.51. The average Bonchev–Trinajstić information content (AvgIpc) is 1.61. The van der Waals surface area contributed by atoms with E-state index in [1.165, 1.54) is 0 Å². The van der Waals surface area contributed by atoms with E-state index in [9.17, 15) is 0 Å². The van der Waals surface area contributed by atoms with Crippen molar-refractivity contribution in [3.8, 4) is 0 Å². The van der Waals surface area contributed by atoms with Crippen molar-refractivity contribution in [2.75, 3.05) is 7.05 Å². The Hall–Kier alpha value is -0.500. The summed E-state index contributed by atoms with van der Waals surface area (Å²) in [6.07, 6.45) is 3.71. The Labute approximate surface area is 44.4 Å². The van der Waals surface area contributed by atoms with Crippen LogP contribution in [0.1, 0.15) is 6.92 Å². The van der Waals surface area contributed by atoms with Crippen LogP contribution in [0.15, 0.2) is 12.3 Å². The molecule has 1 atom stereocenters. The summed E-state index contributed by atoms with van der Waals surface area (Å²) in [5, 5.41) is 2.84. The Bertz CT molecular complexity index is 57.1. The highest BCUT2D eigenvalue weighted by molar-refractivity contribution is 4.85. The summed E-state index contributed by atoms with van der Waals surface area (Å²) in [4.78, 5) is 0. The van der Waals surface area contributed by atoms with Crippen LogP contribution >= 0.6 is 0 Å². The minimum atomic E-state index is 0.160. The number of nitrogens with one attached hydrogen (secondary N) is 1. The van der Waals surface area contributed by atoms with Crippen molar-refractivity contribution in [1.29, 1.82) is 0 Å². The molecule has 7 heavy (non-hydrogen) atoms. The van der Waals surface area contributed by atoms with Crippen molar-refractivity contribution >= 4 is 0 Å². The Balaban J connectivity index is 3.08. The van der Waals surface area contributed by atoms with Gasteiger partial charge in [0, 0.05) is 13.1 Å². The number of nitrogens with two attached hydrogens (primary N) is 1. The van der Waals surface area contributed by atoms with Crippen molar-refractivity contribution < 1.29 is 0 Å². The van der Waals surface area contributed by atoms with Crippen molar-refractivity contribution in [2.45, 2.75) is 13.0 Å². The molecule has 0 aromatic carbocycles. The highest BCUT2D eigenvalue weighted by Crippen LogP contribution is 1.72. The lowest BCUT2D eigenvalue weighted by Gasteiger charge is -1.91. The standard InChI is InChI=1S/C5H12N2/c1-5(6)3-4-7-2/h3-5,7H,6H2,1-2H3/b4-3-/t5-/m0/s1. The van der Waals surface area contributed by atoms with E-state index in [0.717, 1.165) is 0 Å². The molecule has 0 aliphatic rings. The van der Waals surface area contributed by atoms with Gasteiger partial charge in [0.1, 0.15) is 0 Å². The molecule has 42 valence electrons. The highest BCUT2D eigenvalue weighted by atomic mass is 14.8. The summed E-state index contributed by atoms with van der Waals surface area (Å²) in [6.45, 7) is 1.92. The van der Waals surface area contributed by atoms with Crippen LogP contribution < -0.4 is 11.1 Å². The Morgan fingerprint density at radius 1 is 1.71 bits per heavy atom. The van der Waals surface area contributed by atoms with E-state index in [2.05, 4.69) is 5.32 Å². The molecule has 0 fully saturated rings. The van der Waals surface area contributed by atoms with Gasteiger partial charge in [-0.25, -0.2) is 0 Å². The average molecular weight is 100 g/mol. The van der Waals surface area contributed by atoms with Crippen LogP contribution in [0.2, 0.25) is 0 Å². The molecular formula is C5H12N2. The molecule has 0 rings (SSSR count). The minimum Gasteiger partial charge on any atom is -0.394 e. The summed E-state index contributed by atoms with van der Waals surface area (Å²) >= 11 is 0. The molecule has 2 nitrogen and oxygen atoms in total. The van der Waals surface area contributed by atoms with Crippen molar-refractivity contribution in [3.63, 3.8) is 0 Å². The van der Waals surface area contributed by atoms with Gasteiger partial charge in [0.05, 0.1) is 0 Å². The monoisotopic (exact) mass is 100 g/mol. The first-order valence-corrected chi connectivity index (χ1v) is 2.37. The van der Waals surface area contributed by atoms with Gasteiger partial charge < -0.3 is 11.1 Å². The predicted molar refractivity (Wildman–Crippen MR) is 31.8 cm³/mol. The largest absolute Gasteiger partial charge is 0.394 e. The van der Waals surface area contributed by atoms with E-state index in [1.807, 2.05) is 26.2 Å². The van der Waals surface area contributed by atoms with Crippen LogP contribution in [0.25, 0.3) is 0 Å². The van der Waals surface area contributed by atoms with Gasteiger partial charge in [-0.1, -0.05) is 6.08 Å². The van der Waals surface area contributed by atoms with Gasteiger partial charge in [-0.05, 0) is 13.1 Å². The Morgan fingerprint density at radius 2 is 2.29 bits per heavy atom. The SMILES string of the molecule is CN/C=C\[C@H](C)N. The zero-order valence-electron chi connectivity index (χ0n) is 4.81. The molecule has 0 heterocycles. The molecule has 0 unspecified atom stereocenters. The van der Waals surface area contributed by atoms with E-state index >= 15 is 0 Å². The second-order valence-corrected chi connectivity index (χ2v) is 1.51. The van der Waals surface area contributed by atoms with Crippen molar-refractivity contribution in [2.24, 2.45) is 5.73 Å². The van der Waals surface area contributed by atoms with Gasteiger partial charge in [0.2, 0.25) is 0 Å². The number of hydrogen-bond acceptors (Lipinski definition) is 2. The van der Waals surface area contributed by atoms with E-state index in [-0.39, 0.29) is 6.04 Å². The summed E-state index contributed by atoms with van der Waals surface area (Å²) in [6, 6.07) is 0.160.